The number of ether oxygens (including phenoxy) is 1. The average molecular weight is 343 g/mol. The number of piperidine rings is 1. The van der Waals surface area contributed by atoms with Crippen LogP contribution in [0, 0.1) is 5.92 Å². The number of hydrogen-bond acceptors (Lipinski definition) is 2. The lowest BCUT2D eigenvalue weighted by Crippen LogP contribution is -2.34. The molecule has 136 valence electrons. The van der Waals surface area contributed by atoms with Gasteiger partial charge in [0.15, 0.2) is 0 Å². The van der Waals surface area contributed by atoms with Crippen molar-refractivity contribution in [3.8, 4) is 5.75 Å². The number of hydrogen-bond donors (Lipinski definition) is 0. The van der Waals surface area contributed by atoms with Crippen LogP contribution in [-0.4, -0.2) is 31.1 Å². The summed E-state index contributed by atoms with van der Waals surface area (Å²) in [6.07, 6.45) is 2.76. The third kappa shape index (κ3) is 6.34. The second-order valence-electron chi connectivity index (χ2n) is 6.65. The Hall–Kier alpha value is -1.23. The molecule has 1 aromatic carbocycles. The summed E-state index contributed by atoms with van der Waals surface area (Å²) >= 11 is 0. The Morgan fingerprint density at radius 1 is 1.17 bits per heavy atom. The standard InChI is InChI=1S/C19H28F3NO/c1-2-3-4-11-23-12-8-16(9-13-23)10-14-24-18-7-5-6-17(15-18)19(20,21)22/h5-7,15-16H,2-4,8-14H2,1H3. The summed E-state index contributed by atoms with van der Waals surface area (Å²) in [4.78, 5) is 2.53. The molecule has 0 aromatic heterocycles. The fourth-order valence-electron chi connectivity index (χ4n) is 3.19. The molecule has 0 saturated carbocycles. The summed E-state index contributed by atoms with van der Waals surface area (Å²) in [5.41, 5.74) is -0.652. The van der Waals surface area contributed by atoms with E-state index in [1.165, 1.54) is 31.9 Å². The SMILES string of the molecule is CCCCCN1CCC(CCOc2cccc(C(F)(F)F)c2)CC1. The maximum Gasteiger partial charge on any atom is 0.416 e. The number of halogens is 3. The minimum absolute atomic E-state index is 0.307. The molecule has 0 aliphatic carbocycles. The number of alkyl halides is 3. The second kappa shape index (κ2) is 9.30. The molecule has 1 fully saturated rings. The third-order valence-corrected chi connectivity index (χ3v) is 4.74. The average Bonchev–Trinajstić information content (AvgIpc) is 2.56. The fourth-order valence-corrected chi connectivity index (χ4v) is 3.19. The van der Waals surface area contributed by atoms with Gasteiger partial charge in [0.2, 0.25) is 0 Å². The highest BCUT2D eigenvalue weighted by Crippen LogP contribution is 2.31. The summed E-state index contributed by atoms with van der Waals surface area (Å²) in [7, 11) is 0. The summed E-state index contributed by atoms with van der Waals surface area (Å²) in [6.45, 7) is 6.18. The van der Waals surface area contributed by atoms with Gasteiger partial charge in [-0.25, -0.2) is 0 Å². The van der Waals surface area contributed by atoms with Gasteiger partial charge in [0.05, 0.1) is 12.2 Å². The van der Waals surface area contributed by atoms with Crippen molar-refractivity contribution in [3.63, 3.8) is 0 Å². The first-order chi connectivity index (χ1) is 11.5. The van der Waals surface area contributed by atoms with Crippen LogP contribution < -0.4 is 4.74 Å². The van der Waals surface area contributed by atoms with E-state index in [-0.39, 0.29) is 0 Å². The van der Waals surface area contributed by atoms with Gasteiger partial charge in [0.1, 0.15) is 5.75 Å². The molecule has 0 atom stereocenters. The molecule has 1 saturated heterocycles. The molecule has 2 rings (SSSR count). The number of nitrogens with zero attached hydrogens (tertiary/aromatic N) is 1. The van der Waals surface area contributed by atoms with Crippen LogP contribution >= 0.6 is 0 Å². The topological polar surface area (TPSA) is 12.5 Å². The Labute approximate surface area is 143 Å². The van der Waals surface area contributed by atoms with Crippen LogP contribution in [0.25, 0.3) is 0 Å². The van der Waals surface area contributed by atoms with Crippen molar-refractivity contribution in [3.05, 3.63) is 29.8 Å². The lowest BCUT2D eigenvalue weighted by molar-refractivity contribution is -0.137. The molecule has 1 aromatic rings. The number of rotatable bonds is 8. The smallest absolute Gasteiger partial charge is 0.416 e. The lowest BCUT2D eigenvalue weighted by Gasteiger charge is -2.31. The van der Waals surface area contributed by atoms with Crippen LogP contribution in [-0.2, 0) is 6.18 Å². The summed E-state index contributed by atoms with van der Waals surface area (Å²) in [5.74, 6) is 0.931. The minimum Gasteiger partial charge on any atom is -0.494 e. The Morgan fingerprint density at radius 2 is 1.92 bits per heavy atom. The molecule has 5 heteroatoms. The van der Waals surface area contributed by atoms with Crippen LogP contribution in [0.1, 0.15) is 51.0 Å². The van der Waals surface area contributed by atoms with Gasteiger partial charge < -0.3 is 9.64 Å². The van der Waals surface area contributed by atoms with Gasteiger partial charge in [-0.15, -0.1) is 0 Å². The van der Waals surface area contributed by atoms with Crippen LogP contribution in [0.2, 0.25) is 0 Å². The Balaban J connectivity index is 1.67. The molecule has 0 unspecified atom stereocenters. The first kappa shape index (κ1) is 19.1. The first-order valence-electron chi connectivity index (χ1n) is 9.01. The zero-order valence-corrected chi connectivity index (χ0v) is 14.4. The predicted octanol–water partition coefficient (Wildman–Crippen LogP) is 5.38. The van der Waals surface area contributed by atoms with Gasteiger partial charge in [-0.05, 0) is 69.4 Å². The van der Waals surface area contributed by atoms with Crippen LogP contribution in [0.5, 0.6) is 5.75 Å². The van der Waals surface area contributed by atoms with Gasteiger partial charge in [0, 0.05) is 0 Å². The Kier molecular flexibility index (Phi) is 7.40. The molecule has 24 heavy (non-hydrogen) atoms. The molecule has 1 aliphatic heterocycles. The van der Waals surface area contributed by atoms with E-state index in [0.29, 0.717) is 18.3 Å². The highest BCUT2D eigenvalue weighted by molar-refractivity contribution is 5.30. The zero-order chi connectivity index (χ0) is 17.4. The second-order valence-corrected chi connectivity index (χ2v) is 6.65. The van der Waals surface area contributed by atoms with Crippen LogP contribution in [0.3, 0.4) is 0 Å². The van der Waals surface area contributed by atoms with E-state index in [1.807, 2.05) is 0 Å². The molecule has 0 N–H and O–H groups in total. The number of benzene rings is 1. The fraction of sp³-hybridized carbons (Fsp3) is 0.684. The van der Waals surface area contributed by atoms with E-state index in [1.54, 1.807) is 6.07 Å². The van der Waals surface area contributed by atoms with Gasteiger partial charge >= 0.3 is 6.18 Å². The van der Waals surface area contributed by atoms with Crippen molar-refractivity contribution in [2.45, 2.75) is 51.6 Å². The van der Waals surface area contributed by atoms with Gasteiger partial charge in [-0.3, -0.25) is 0 Å². The molecule has 2 nitrogen and oxygen atoms in total. The highest BCUT2D eigenvalue weighted by atomic mass is 19.4. The van der Waals surface area contributed by atoms with Crippen molar-refractivity contribution in [1.29, 1.82) is 0 Å². The van der Waals surface area contributed by atoms with Crippen molar-refractivity contribution < 1.29 is 17.9 Å². The maximum absolute atomic E-state index is 12.7. The zero-order valence-electron chi connectivity index (χ0n) is 14.4. The molecule has 1 heterocycles. The van der Waals surface area contributed by atoms with Gasteiger partial charge in [0.25, 0.3) is 0 Å². The Bertz CT molecular complexity index is 482. The monoisotopic (exact) mass is 343 g/mol. The lowest BCUT2D eigenvalue weighted by atomic mass is 9.94. The summed E-state index contributed by atoms with van der Waals surface area (Å²) in [6, 6.07) is 5.13. The van der Waals surface area contributed by atoms with Crippen LogP contribution in [0.15, 0.2) is 24.3 Å². The van der Waals surface area contributed by atoms with Crippen molar-refractivity contribution in [2.75, 3.05) is 26.2 Å². The predicted molar refractivity (Wildman–Crippen MR) is 90.2 cm³/mol. The highest BCUT2D eigenvalue weighted by Gasteiger charge is 2.30. The van der Waals surface area contributed by atoms with Crippen molar-refractivity contribution >= 4 is 0 Å². The third-order valence-electron chi connectivity index (χ3n) is 4.74. The van der Waals surface area contributed by atoms with Gasteiger partial charge in [-0.1, -0.05) is 25.8 Å². The van der Waals surface area contributed by atoms with Crippen molar-refractivity contribution in [1.82, 2.24) is 4.90 Å². The van der Waals surface area contributed by atoms with Gasteiger partial charge in [-0.2, -0.15) is 13.2 Å². The van der Waals surface area contributed by atoms with E-state index < -0.39 is 11.7 Å². The quantitative estimate of drug-likeness (QED) is 0.588. The molecular weight excluding hydrogens is 315 g/mol. The van der Waals surface area contributed by atoms with Crippen LogP contribution in [0.4, 0.5) is 13.2 Å². The van der Waals surface area contributed by atoms with E-state index in [0.717, 1.165) is 44.5 Å². The maximum atomic E-state index is 12.7. The molecule has 0 amide bonds. The van der Waals surface area contributed by atoms with E-state index >= 15 is 0 Å². The normalized spacial score (nSPS) is 17.2. The molecular formula is C19H28F3NO. The number of unbranched alkanes of at least 4 members (excludes halogenated alkanes) is 2. The molecule has 1 aliphatic rings. The summed E-state index contributed by atoms with van der Waals surface area (Å²) < 4.78 is 43.5. The van der Waals surface area contributed by atoms with Crippen molar-refractivity contribution in [2.24, 2.45) is 5.92 Å². The molecule has 0 bridgehead atoms. The summed E-state index contributed by atoms with van der Waals surface area (Å²) in [5, 5.41) is 0. The molecule has 0 radical (unpaired) electrons. The van der Waals surface area contributed by atoms with E-state index in [4.69, 9.17) is 4.74 Å². The Morgan fingerprint density at radius 3 is 2.58 bits per heavy atom. The van der Waals surface area contributed by atoms with E-state index in [9.17, 15) is 13.2 Å². The first-order valence-corrected chi connectivity index (χ1v) is 9.01. The molecule has 0 spiro atoms. The largest absolute Gasteiger partial charge is 0.494 e. The number of likely N-dealkylation sites (tertiary alicyclic amines) is 1. The van der Waals surface area contributed by atoms with E-state index in [2.05, 4.69) is 11.8 Å². The minimum atomic E-state index is -4.32.